The van der Waals surface area contributed by atoms with Crippen LogP contribution in [0.25, 0.3) is 5.82 Å². The standard InChI is InChI=1S/C16H13F3N4O2/c1-10-8-15(24)23(22-10)13-6-7-14(21-20-13)25-9-11-2-4-12(5-3-11)16(17,18)19/h2-8,22H,9H2,1H3. The summed E-state index contributed by atoms with van der Waals surface area (Å²) >= 11 is 0. The van der Waals surface area contributed by atoms with Crippen LogP contribution >= 0.6 is 0 Å². The number of aryl methyl sites for hydroxylation is 1. The first-order valence-corrected chi connectivity index (χ1v) is 7.24. The van der Waals surface area contributed by atoms with Gasteiger partial charge in [0.15, 0.2) is 5.82 Å². The normalized spacial score (nSPS) is 11.5. The molecule has 130 valence electrons. The van der Waals surface area contributed by atoms with Crippen molar-refractivity contribution in [2.75, 3.05) is 0 Å². The Hall–Kier alpha value is -3.10. The molecule has 2 aromatic heterocycles. The first kappa shape index (κ1) is 16.7. The van der Waals surface area contributed by atoms with Crippen LogP contribution < -0.4 is 10.3 Å². The summed E-state index contributed by atoms with van der Waals surface area (Å²) in [6.07, 6.45) is -4.37. The number of halogens is 3. The Balaban J connectivity index is 1.66. The number of H-pyrrole nitrogens is 1. The highest BCUT2D eigenvalue weighted by Gasteiger charge is 2.29. The van der Waals surface area contributed by atoms with E-state index in [0.29, 0.717) is 17.1 Å². The van der Waals surface area contributed by atoms with Crippen molar-refractivity contribution >= 4 is 0 Å². The molecule has 0 atom stereocenters. The van der Waals surface area contributed by atoms with Gasteiger partial charge in [0.25, 0.3) is 5.56 Å². The van der Waals surface area contributed by atoms with Crippen molar-refractivity contribution in [3.8, 4) is 11.7 Å². The van der Waals surface area contributed by atoms with E-state index in [-0.39, 0.29) is 18.0 Å². The average Bonchev–Trinajstić information content (AvgIpc) is 2.91. The summed E-state index contributed by atoms with van der Waals surface area (Å²) in [7, 11) is 0. The van der Waals surface area contributed by atoms with Crippen LogP contribution in [0.3, 0.4) is 0 Å². The molecule has 0 fully saturated rings. The fraction of sp³-hybridized carbons (Fsp3) is 0.188. The number of ether oxygens (including phenoxy) is 1. The molecule has 3 rings (SSSR count). The van der Waals surface area contributed by atoms with Crippen LogP contribution in [0.5, 0.6) is 5.88 Å². The van der Waals surface area contributed by atoms with Gasteiger partial charge in [0.2, 0.25) is 5.88 Å². The molecule has 0 aliphatic carbocycles. The molecule has 0 bridgehead atoms. The molecule has 3 aromatic rings. The Morgan fingerprint density at radius 2 is 1.84 bits per heavy atom. The van der Waals surface area contributed by atoms with E-state index in [1.165, 1.54) is 28.9 Å². The molecule has 2 heterocycles. The smallest absolute Gasteiger partial charge is 0.416 e. The summed E-state index contributed by atoms with van der Waals surface area (Å²) in [6.45, 7) is 1.79. The molecule has 25 heavy (non-hydrogen) atoms. The molecule has 1 N–H and O–H groups in total. The maximum atomic E-state index is 12.5. The Labute approximate surface area is 139 Å². The first-order chi connectivity index (χ1) is 11.8. The van der Waals surface area contributed by atoms with E-state index in [0.717, 1.165) is 12.1 Å². The van der Waals surface area contributed by atoms with Gasteiger partial charge < -0.3 is 4.74 Å². The Morgan fingerprint density at radius 3 is 2.36 bits per heavy atom. The number of nitrogens with zero attached hydrogens (tertiary/aromatic N) is 3. The lowest BCUT2D eigenvalue weighted by atomic mass is 10.1. The van der Waals surface area contributed by atoms with Crippen molar-refractivity contribution in [1.29, 1.82) is 0 Å². The lowest BCUT2D eigenvalue weighted by Gasteiger charge is -2.08. The molecule has 0 aliphatic heterocycles. The minimum Gasteiger partial charge on any atom is -0.472 e. The lowest BCUT2D eigenvalue weighted by molar-refractivity contribution is -0.137. The zero-order chi connectivity index (χ0) is 18.0. The predicted octanol–water partition coefficient (Wildman–Crippen LogP) is 2.86. The Kier molecular flexibility index (Phi) is 4.30. The van der Waals surface area contributed by atoms with Crippen LogP contribution in [0.2, 0.25) is 0 Å². The van der Waals surface area contributed by atoms with E-state index in [2.05, 4.69) is 15.3 Å². The van der Waals surface area contributed by atoms with Crippen molar-refractivity contribution in [1.82, 2.24) is 20.0 Å². The van der Waals surface area contributed by atoms with Gasteiger partial charge in [-0.25, -0.2) is 0 Å². The fourth-order valence-electron chi connectivity index (χ4n) is 2.14. The second-order valence-electron chi connectivity index (χ2n) is 5.33. The summed E-state index contributed by atoms with van der Waals surface area (Å²) in [5, 5.41) is 10.6. The number of rotatable bonds is 4. The monoisotopic (exact) mass is 350 g/mol. The Bertz CT molecular complexity index is 912. The highest BCUT2D eigenvalue weighted by molar-refractivity contribution is 5.26. The number of hydrogen-bond donors (Lipinski definition) is 1. The first-order valence-electron chi connectivity index (χ1n) is 7.24. The van der Waals surface area contributed by atoms with Gasteiger partial charge in [-0.3, -0.25) is 9.89 Å². The van der Waals surface area contributed by atoms with Crippen LogP contribution in [0, 0.1) is 6.92 Å². The van der Waals surface area contributed by atoms with E-state index >= 15 is 0 Å². The zero-order valence-corrected chi connectivity index (χ0v) is 13.0. The van der Waals surface area contributed by atoms with Crippen molar-refractivity contribution < 1.29 is 17.9 Å². The van der Waals surface area contributed by atoms with Crippen molar-refractivity contribution in [2.45, 2.75) is 19.7 Å². The summed E-state index contributed by atoms with van der Waals surface area (Å²) in [4.78, 5) is 11.7. The number of aromatic amines is 1. The fourth-order valence-corrected chi connectivity index (χ4v) is 2.14. The topological polar surface area (TPSA) is 72.8 Å². The lowest BCUT2D eigenvalue weighted by Crippen LogP contribution is -2.15. The highest BCUT2D eigenvalue weighted by atomic mass is 19.4. The number of hydrogen-bond acceptors (Lipinski definition) is 4. The van der Waals surface area contributed by atoms with Gasteiger partial charge in [0.1, 0.15) is 6.61 Å². The van der Waals surface area contributed by atoms with Crippen molar-refractivity contribution in [3.05, 3.63) is 69.6 Å². The summed E-state index contributed by atoms with van der Waals surface area (Å²) in [6, 6.07) is 9.16. The number of benzene rings is 1. The molecule has 9 heteroatoms. The van der Waals surface area contributed by atoms with Gasteiger partial charge in [0.05, 0.1) is 5.56 Å². The minimum absolute atomic E-state index is 0.0493. The molecular formula is C16H13F3N4O2. The van der Waals surface area contributed by atoms with E-state index in [1.807, 2.05) is 0 Å². The SMILES string of the molecule is Cc1cc(=O)n(-c2ccc(OCc3ccc(C(F)(F)F)cc3)nn2)[nH]1. The maximum Gasteiger partial charge on any atom is 0.416 e. The molecule has 0 spiro atoms. The molecule has 0 saturated carbocycles. The van der Waals surface area contributed by atoms with Gasteiger partial charge in [0, 0.05) is 17.8 Å². The molecule has 0 radical (unpaired) electrons. The minimum atomic E-state index is -4.37. The summed E-state index contributed by atoms with van der Waals surface area (Å²) in [5.74, 6) is 0.500. The predicted molar refractivity (Wildman–Crippen MR) is 82.5 cm³/mol. The van der Waals surface area contributed by atoms with Crippen LogP contribution in [0.15, 0.2) is 47.3 Å². The van der Waals surface area contributed by atoms with Gasteiger partial charge in [-0.1, -0.05) is 12.1 Å². The summed E-state index contributed by atoms with van der Waals surface area (Å²) < 4.78 is 44.1. The van der Waals surface area contributed by atoms with Gasteiger partial charge in [-0.15, -0.1) is 10.2 Å². The van der Waals surface area contributed by atoms with Crippen LogP contribution in [0.4, 0.5) is 13.2 Å². The van der Waals surface area contributed by atoms with E-state index < -0.39 is 11.7 Å². The van der Waals surface area contributed by atoms with Crippen LogP contribution in [0.1, 0.15) is 16.8 Å². The zero-order valence-electron chi connectivity index (χ0n) is 13.0. The number of aromatic nitrogens is 4. The van der Waals surface area contributed by atoms with Crippen LogP contribution in [-0.4, -0.2) is 20.0 Å². The van der Waals surface area contributed by atoms with Gasteiger partial charge in [-0.2, -0.15) is 17.9 Å². The second-order valence-corrected chi connectivity index (χ2v) is 5.33. The van der Waals surface area contributed by atoms with E-state index in [4.69, 9.17) is 4.74 Å². The van der Waals surface area contributed by atoms with Gasteiger partial charge >= 0.3 is 6.18 Å². The third-order valence-corrected chi connectivity index (χ3v) is 3.37. The summed E-state index contributed by atoms with van der Waals surface area (Å²) in [5.41, 5.74) is 0.279. The highest BCUT2D eigenvalue weighted by Crippen LogP contribution is 2.29. The third kappa shape index (κ3) is 3.87. The van der Waals surface area contributed by atoms with Crippen molar-refractivity contribution in [2.24, 2.45) is 0 Å². The number of nitrogens with one attached hydrogen (secondary N) is 1. The molecule has 0 amide bonds. The molecule has 1 aromatic carbocycles. The van der Waals surface area contributed by atoms with Gasteiger partial charge in [-0.05, 0) is 30.7 Å². The largest absolute Gasteiger partial charge is 0.472 e. The molecule has 6 nitrogen and oxygen atoms in total. The average molecular weight is 350 g/mol. The van der Waals surface area contributed by atoms with Crippen LogP contribution in [-0.2, 0) is 12.8 Å². The number of alkyl halides is 3. The third-order valence-electron chi connectivity index (χ3n) is 3.37. The second kappa shape index (κ2) is 6.42. The van der Waals surface area contributed by atoms with E-state index in [1.54, 1.807) is 13.0 Å². The Morgan fingerprint density at radius 1 is 1.12 bits per heavy atom. The molecule has 0 saturated heterocycles. The molecule has 0 aliphatic rings. The van der Waals surface area contributed by atoms with Crippen molar-refractivity contribution in [3.63, 3.8) is 0 Å². The maximum absolute atomic E-state index is 12.5. The van der Waals surface area contributed by atoms with E-state index in [9.17, 15) is 18.0 Å². The molecule has 0 unspecified atom stereocenters. The quantitative estimate of drug-likeness (QED) is 0.785. The molecular weight excluding hydrogens is 337 g/mol.